The van der Waals surface area contributed by atoms with E-state index in [1.54, 1.807) is 0 Å². The summed E-state index contributed by atoms with van der Waals surface area (Å²) in [5.41, 5.74) is 5.39. The van der Waals surface area contributed by atoms with Crippen molar-refractivity contribution in [1.29, 1.82) is 0 Å². The number of hydrogen-bond acceptors (Lipinski definition) is 4. The number of nitrogens with zero attached hydrogens (tertiary/aromatic N) is 1. The predicted octanol–water partition coefficient (Wildman–Crippen LogP) is 5.56. The van der Waals surface area contributed by atoms with Gasteiger partial charge in [0.25, 0.3) is 5.91 Å². The summed E-state index contributed by atoms with van der Waals surface area (Å²) >= 11 is 3.54. The molecule has 1 amide bonds. The van der Waals surface area contributed by atoms with Gasteiger partial charge in [0.2, 0.25) is 0 Å². The lowest BCUT2D eigenvalue weighted by Crippen LogP contribution is -2.30. The molecule has 0 aliphatic carbocycles. The smallest absolute Gasteiger partial charge is 0.305 e. The van der Waals surface area contributed by atoms with Crippen LogP contribution >= 0.6 is 15.9 Å². The molecule has 0 radical (unpaired) electrons. The number of nitrogens with one attached hydrogen (secondary N) is 3. The van der Waals surface area contributed by atoms with E-state index < -0.39 is 12.0 Å². The summed E-state index contributed by atoms with van der Waals surface area (Å²) in [6.07, 6.45) is 5.32. The highest BCUT2D eigenvalue weighted by Crippen LogP contribution is 2.30. The van der Waals surface area contributed by atoms with Crippen LogP contribution in [0.4, 0.5) is 5.82 Å². The minimum Gasteiger partial charge on any atom is -0.481 e. The van der Waals surface area contributed by atoms with Crippen LogP contribution in [-0.2, 0) is 29.5 Å². The number of aromatic nitrogens is 2. The van der Waals surface area contributed by atoms with Gasteiger partial charge in [-0.1, -0.05) is 48.8 Å². The summed E-state index contributed by atoms with van der Waals surface area (Å²) in [7, 11) is 0. The summed E-state index contributed by atoms with van der Waals surface area (Å²) in [6, 6.07) is 11.2. The van der Waals surface area contributed by atoms with Crippen LogP contribution in [0.15, 0.2) is 47.1 Å². The number of amides is 1. The first-order chi connectivity index (χ1) is 17.1. The Kier molecular flexibility index (Phi) is 7.83. The molecule has 3 aromatic rings. The van der Waals surface area contributed by atoms with Gasteiger partial charge in [0.05, 0.1) is 12.5 Å². The number of fused-ring (bicyclic) bond motifs is 1. The van der Waals surface area contributed by atoms with Gasteiger partial charge < -0.3 is 20.7 Å². The topological polar surface area (TPSA) is 107 Å². The summed E-state index contributed by atoms with van der Waals surface area (Å²) in [5.74, 6) is -0.322. The number of halogens is 1. The molecule has 1 aliphatic heterocycles. The van der Waals surface area contributed by atoms with Crippen molar-refractivity contribution in [2.75, 3.05) is 11.9 Å². The van der Waals surface area contributed by atoms with Gasteiger partial charge in [-0.25, -0.2) is 4.98 Å². The number of carboxylic acids is 1. The number of carbonyl (C=O) groups is 2. The lowest BCUT2D eigenvalue weighted by atomic mass is 9.85. The van der Waals surface area contributed by atoms with Crippen LogP contribution in [0.1, 0.15) is 78.1 Å². The summed E-state index contributed by atoms with van der Waals surface area (Å²) < 4.78 is 0.850. The van der Waals surface area contributed by atoms with Crippen molar-refractivity contribution in [2.24, 2.45) is 0 Å². The zero-order valence-electron chi connectivity index (χ0n) is 21.0. The molecule has 8 heteroatoms. The Hall–Kier alpha value is -3.13. The highest BCUT2D eigenvalue weighted by atomic mass is 79.9. The van der Waals surface area contributed by atoms with Crippen molar-refractivity contribution >= 4 is 33.6 Å². The molecule has 4 rings (SSSR count). The Morgan fingerprint density at radius 3 is 2.72 bits per heavy atom. The molecule has 3 heterocycles. The molecule has 0 fully saturated rings. The number of aromatic amines is 1. The number of H-pyrrole nitrogens is 1. The molecule has 7 nitrogen and oxygen atoms in total. The molecule has 36 heavy (non-hydrogen) atoms. The Morgan fingerprint density at radius 1 is 1.17 bits per heavy atom. The Labute approximate surface area is 220 Å². The standard InChI is InChI=1S/C28H33BrN4O3/c1-28(2,3)20-12-19(13-21(29)14-20)23(15-25(34)35)33-27(36)24-11-17(16-31-24)6-8-22-9-7-18-5-4-10-30-26(18)32-22/h7,9,11-14,16,23,31H,4-6,8,10,15H2,1-3H3,(H,30,32)(H,33,36)(H,34,35). The number of hydrogen-bond donors (Lipinski definition) is 4. The maximum Gasteiger partial charge on any atom is 0.305 e. The van der Waals surface area contributed by atoms with Crippen LogP contribution in [0.2, 0.25) is 0 Å². The van der Waals surface area contributed by atoms with Crippen LogP contribution in [-0.4, -0.2) is 33.5 Å². The number of anilines is 1. The van der Waals surface area contributed by atoms with Gasteiger partial charge in [-0.2, -0.15) is 0 Å². The first-order valence-corrected chi connectivity index (χ1v) is 13.1. The summed E-state index contributed by atoms with van der Waals surface area (Å²) in [5, 5.41) is 15.8. The average molecular weight is 554 g/mol. The first kappa shape index (κ1) is 25.9. The van der Waals surface area contributed by atoms with E-state index in [1.807, 2.05) is 30.5 Å². The molecule has 1 unspecified atom stereocenters. The molecule has 1 aliphatic rings. The monoisotopic (exact) mass is 552 g/mol. The molecule has 0 spiro atoms. The normalized spacial score (nSPS) is 14.0. The van der Waals surface area contributed by atoms with Crippen molar-refractivity contribution in [3.63, 3.8) is 0 Å². The van der Waals surface area contributed by atoms with Crippen LogP contribution in [0, 0.1) is 0 Å². The number of carbonyl (C=O) groups excluding carboxylic acids is 1. The molecule has 1 atom stereocenters. The Bertz CT molecular complexity index is 1260. The highest BCUT2D eigenvalue weighted by Gasteiger charge is 2.23. The van der Waals surface area contributed by atoms with Crippen LogP contribution in [0.25, 0.3) is 0 Å². The van der Waals surface area contributed by atoms with Crippen LogP contribution in [0.5, 0.6) is 0 Å². The molecule has 190 valence electrons. The van der Waals surface area contributed by atoms with Crippen LogP contribution in [0.3, 0.4) is 0 Å². The lowest BCUT2D eigenvalue weighted by Gasteiger charge is -2.23. The fraction of sp³-hybridized carbons (Fsp3) is 0.393. The number of aliphatic carboxylic acids is 1. The number of rotatable bonds is 8. The second-order valence-corrected chi connectivity index (χ2v) is 11.3. The van der Waals surface area contributed by atoms with E-state index in [0.29, 0.717) is 5.69 Å². The van der Waals surface area contributed by atoms with E-state index in [2.05, 4.69) is 64.5 Å². The maximum absolute atomic E-state index is 13.1. The van der Waals surface area contributed by atoms with Crippen molar-refractivity contribution in [2.45, 2.75) is 64.3 Å². The third-order valence-electron chi connectivity index (χ3n) is 6.48. The zero-order chi connectivity index (χ0) is 25.9. The van der Waals surface area contributed by atoms with E-state index in [1.165, 1.54) is 5.56 Å². The molecule has 0 saturated carbocycles. The quantitative estimate of drug-likeness (QED) is 0.292. The summed E-state index contributed by atoms with van der Waals surface area (Å²) in [4.78, 5) is 32.4. The largest absolute Gasteiger partial charge is 0.481 e. The molecule has 0 saturated heterocycles. The number of aryl methyl sites for hydroxylation is 3. The van der Waals surface area contributed by atoms with Gasteiger partial charge in [0.15, 0.2) is 0 Å². The van der Waals surface area contributed by atoms with Gasteiger partial charge in [-0.05, 0) is 77.6 Å². The van der Waals surface area contributed by atoms with E-state index in [0.717, 1.165) is 64.9 Å². The van der Waals surface area contributed by atoms with E-state index in [-0.39, 0.29) is 17.7 Å². The lowest BCUT2D eigenvalue weighted by molar-refractivity contribution is -0.137. The molecule has 0 bridgehead atoms. The second kappa shape index (κ2) is 10.9. The number of benzene rings is 1. The highest BCUT2D eigenvalue weighted by molar-refractivity contribution is 9.10. The van der Waals surface area contributed by atoms with E-state index in [9.17, 15) is 14.7 Å². The van der Waals surface area contributed by atoms with Crippen LogP contribution < -0.4 is 10.6 Å². The average Bonchev–Trinajstić information content (AvgIpc) is 3.30. The fourth-order valence-electron chi connectivity index (χ4n) is 4.40. The SMILES string of the molecule is CC(C)(C)c1cc(Br)cc(C(CC(=O)O)NC(=O)c2cc(CCc3ccc4c(n3)NCCC4)c[nH]2)c1. The van der Waals surface area contributed by atoms with Gasteiger partial charge >= 0.3 is 5.97 Å². The first-order valence-electron chi connectivity index (χ1n) is 12.3. The third-order valence-corrected chi connectivity index (χ3v) is 6.94. The van der Waals surface area contributed by atoms with Gasteiger partial charge in [-0.15, -0.1) is 0 Å². The maximum atomic E-state index is 13.1. The van der Waals surface area contributed by atoms with Crippen molar-refractivity contribution < 1.29 is 14.7 Å². The molecular formula is C28H33BrN4O3. The van der Waals surface area contributed by atoms with Crippen molar-refractivity contribution in [1.82, 2.24) is 15.3 Å². The Balaban J connectivity index is 1.45. The zero-order valence-corrected chi connectivity index (χ0v) is 22.5. The molecule has 4 N–H and O–H groups in total. The summed E-state index contributed by atoms with van der Waals surface area (Å²) in [6.45, 7) is 7.25. The van der Waals surface area contributed by atoms with E-state index >= 15 is 0 Å². The minimum atomic E-state index is -0.975. The minimum absolute atomic E-state index is 0.117. The number of carboxylic acid groups (broad SMARTS) is 1. The second-order valence-electron chi connectivity index (χ2n) is 10.4. The van der Waals surface area contributed by atoms with Crippen molar-refractivity contribution in [3.05, 3.63) is 80.7 Å². The van der Waals surface area contributed by atoms with E-state index in [4.69, 9.17) is 4.98 Å². The molecule has 2 aromatic heterocycles. The number of pyridine rings is 1. The fourth-order valence-corrected chi connectivity index (χ4v) is 4.92. The molecule has 1 aromatic carbocycles. The third kappa shape index (κ3) is 6.55. The molecular weight excluding hydrogens is 520 g/mol. The van der Waals surface area contributed by atoms with Gasteiger partial charge in [-0.3, -0.25) is 9.59 Å². The predicted molar refractivity (Wildman–Crippen MR) is 145 cm³/mol. The van der Waals surface area contributed by atoms with Gasteiger partial charge in [0, 0.05) is 22.9 Å². The Morgan fingerprint density at radius 2 is 1.97 bits per heavy atom. The van der Waals surface area contributed by atoms with Crippen molar-refractivity contribution in [3.8, 4) is 0 Å². The van der Waals surface area contributed by atoms with Gasteiger partial charge in [0.1, 0.15) is 11.5 Å².